The third-order valence-electron chi connectivity index (χ3n) is 4.03. The Kier molecular flexibility index (Phi) is 6.40. The van der Waals surface area contributed by atoms with Gasteiger partial charge >= 0.3 is 0 Å². The van der Waals surface area contributed by atoms with Crippen molar-refractivity contribution in [1.29, 1.82) is 0 Å². The summed E-state index contributed by atoms with van der Waals surface area (Å²) in [6.45, 7) is 0. The molecule has 0 radical (unpaired) electrons. The van der Waals surface area contributed by atoms with Gasteiger partial charge in [-0.25, -0.2) is 0 Å². The molecule has 0 aromatic heterocycles. The number of ether oxygens (including phenoxy) is 3. The second kappa shape index (κ2) is 8.97. The molecule has 0 bridgehead atoms. The van der Waals surface area contributed by atoms with Crippen LogP contribution in [0.4, 0.5) is 0 Å². The molecular formula is C20H18N2O5S2. The fraction of sp³-hybridized carbons (Fsp3) is 0.150. The smallest absolute Gasteiger partial charge is 0.285 e. The van der Waals surface area contributed by atoms with Gasteiger partial charge in [0.25, 0.3) is 11.8 Å². The average molecular weight is 431 g/mol. The van der Waals surface area contributed by atoms with Gasteiger partial charge in [0.15, 0.2) is 15.8 Å². The molecule has 1 fully saturated rings. The van der Waals surface area contributed by atoms with Gasteiger partial charge in [-0.2, -0.15) is 5.01 Å². The summed E-state index contributed by atoms with van der Waals surface area (Å²) in [5, 5.41) is 1.07. The van der Waals surface area contributed by atoms with Gasteiger partial charge in [-0.3, -0.25) is 15.0 Å². The standard InChI is InChI=1S/C20H18N2O5S2/c1-25-14-9-12(10-15(26-2)17(14)27-3)11-16-19(24)22(20(28)29-16)21-18(23)13-7-5-4-6-8-13/h4-11H,1-3H3,(H,21,23)/b16-11+. The summed E-state index contributed by atoms with van der Waals surface area (Å²) < 4.78 is 16.2. The molecule has 29 heavy (non-hydrogen) atoms. The van der Waals surface area contributed by atoms with E-state index >= 15 is 0 Å². The first-order chi connectivity index (χ1) is 14.0. The maximum Gasteiger partial charge on any atom is 0.285 e. The quantitative estimate of drug-likeness (QED) is 0.557. The zero-order chi connectivity index (χ0) is 21.0. The maximum atomic E-state index is 12.8. The van der Waals surface area contributed by atoms with Crippen molar-refractivity contribution < 1.29 is 23.8 Å². The molecule has 0 saturated carbocycles. The minimum absolute atomic E-state index is 0.234. The number of carbonyl (C=O) groups is 2. The van der Waals surface area contributed by atoms with Crippen LogP contribution in [0.5, 0.6) is 17.2 Å². The number of hydrogen-bond donors (Lipinski definition) is 1. The molecule has 2 aromatic carbocycles. The van der Waals surface area contributed by atoms with E-state index in [1.165, 1.54) is 21.3 Å². The van der Waals surface area contributed by atoms with Gasteiger partial charge in [0.2, 0.25) is 5.75 Å². The number of hydrogen-bond acceptors (Lipinski definition) is 7. The first-order valence-electron chi connectivity index (χ1n) is 8.42. The summed E-state index contributed by atoms with van der Waals surface area (Å²) in [4.78, 5) is 25.5. The lowest BCUT2D eigenvalue weighted by Gasteiger charge is -2.15. The van der Waals surface area contributed by atoms with Crippen LogP contribution in [0.2, 0.25) is 0 Å². The lowest BCUT2D eigenvalue weighted by atomic mass is 10.1. The Hall–Kier alpha value is -3.04. The highest BCUT2D eigenvalue weighted by molar-refractivity contribution is 8.26. The van der Waals surface area contributed by atoms with Gasteiger partial charge in [0.05, 0.1) is 26.2 Å². The van der Waals surface area contributed by atoms with Crippen LogP contribution in [0, 0.1) is 0 Å². The SMILES string of the molecule is COc1cc(/C=C2/SC(=S)N(NC(=O)c3ccccc3)C2=O)cc(OC)c1OC. The number of amides is 2. The third kappa shape index (κ3) is 4.36. The Morgan fingerprint density at radius 2 is 1.69 bits per heavy atom. The molecule has 2 aromatic rings. The number of rotatable bonds is 6. The van der Waals surface area contributed by atoms with E-state index < -0.39 is 11.8 Å². The highest BCUT2D eigenvalue weighted by Crippen LogP contribution is 2.40. The second-order valence-corrected chi connectivity index (χ2v) is 7.46. The van der Waals surface area contributed by atoms with E-state index in [2.05, 4.69) is 5.43 Å². The summed E-state index contributed by atoms with van der Waals surface area (Å²) >= 11 is 6.35. The Morgan fingerprint density at radius 1 is 1.07 bits per heavy atom. The minimum atomic E-state index is -0.420. The second-order valence-electron chi connectivity index (χ2n) is 5.78. The van der Waals surface area contributed by atoms with E-state index in [4.69, 9.17) is 26.4 Å². The van der Waals surface area contributed by atoms with Gasteiger partial charge in [0.1, 0.15) is 0 Å². The van der Waals surface area contributed by atoms with Crippen molar-refractivity contribution in [2.45, 2.75) is 0 Å². The molecule has 1 aliphatic rings. The molecule has 1 N–H and O–H groups in total. The molecule has 2 amide bonds. The van der Waals surface area contributed by atoms with Crippen LogP contribution in [-0.4, -0.2) is 42.5 Å². The van der Waals surface area contributed by atoms with Crippen LogP contribution < -0.4 is 19.6 Å². The highest BCUT2D eigenvalue weighted by atomic mass is 32.2. The van der Waals surface area contributed by atoms with Crippen molar-refractivity contribution in [1.82, 2.24) is 10.4 Å². The van der Waals surface area contributed by atoms with E-state index in [0.29, 0.717) is 33.3 Å². The van der Waals surface area contributed by atoms with E-state index in [1.54, 1.807) is 48.5 Å². The highest BCUT2D eigenvalue weighted by Gasteiger charge is 2.34. The number of carbonyl (C=O) groups excluding carboxylic acids is 2. The molecule has 0 aliphatic carbocycles. The number of thiocarbonyl (C=S) groups is 1. The molecule has 1 aliphatic heterocycles. The number of benzene rings is 2. The number of thioether (sulfide) groups is 1. The van der Waals surface area contributed by atoms with Gasteiger partial charge in [-0.05, 0) is 48.1 Å². The Morgan fingerprint density at radius 3 is 2.24 bits per heavy atom. The molecular weight excluding hydrogens is 412 g/mol. The third-order valence-corrected chi connectivity index (χ3v) is 5.33. The van der Waals surface area contributed by atoms with E-state index in [1.807, 2.05) is 0 Å². The van der Waals surface area contributed by atoms with E-state index in [0.717, 1.165) is 16.8 Å². The normalized spacial score (nSPS) is 14.9. The molecule has 0 unspecified atom stereocenters. The van der Waals surface area contributed by atoms with Gasteiger partial charge < -0.3 is 14.2 Å². The fourth-order valence-electron chi connectivity index (χ4n) is 2.66. The maximum absolute atomic E-state index is 12.8. The monoisotopic (exact) mass is 430 g/mol. The lowest BCUT2D eigenvalue weighted by molar-refractivity contribution is -0.123. The predicted molar refractivity (Wildman–Crippen MR) is 115 cm³/mol. The molecule has 7 nitrogen and oxygen atoms in total. The number of nitrogens with zero attached hydrogens (tertiary/aromatic N) is 1. The molecule has 0 spiro atoms. The largest absolute Gasteiger partial charge is 0.493 e. The zero-order valence-corrected chi connectivity index (χ0v) is 17.6. The van der Waals surface area contributed by atoms with Crippen molar-refractivity contribution in [3.05, 3.63) is 58.5 Å². The van der Waals surface area contributed by atoms with Crippen molar-refractivity contribution in [2.75, 3.05) is 21.3 Å². The molecule has 1 saturated heterocycles. The summed E-state index contributed by atoms with van der Waals surface area (Å²) in [5.41, 5.74) is 3.63. The minimum Gasteiger partial charge on any atom is -0.493 e. The summed E-state index contributed by atoms with van der Waals surface area (Å²) in [6, 6.07) is 12.0. The predicted octanol–water partition coefficient (Wildman–Crippen LogP) is 3.26. The van der Waals surface area contributed by atoms with Crippen molar-refractivity contribution in [3.63, 3.8) is 0 Å². The van der Waals surface area contributed by atoms with Crippen LogP contribution in [0.15, 0.2) is 47.4 Å². The summed E-state index contributed by atoms with van der Waals surface area (Å²) in [5.74, 6) is 0.542. The summed E-state index contributed by atoms with van der Waals surface area (Å²) in [7, 11) is 4.54. The van der Waals surface area contributed by atoms with Crippen LogP contribution in [0.3, 0.4) is 0 Å². The van der Waals surface area contributed by atoms with Crippen LogP contribution in [0.25, 0.3) is 6.08 Å². The van der Waals surface area contributed by atoms with Crippen molar-refractivity contribution in [3.8, 4) is 17.2 Å². The van der Waals surface area contributed by atoms with E-state index in [-0.39, 0.29) is 4.32 Å². The zero-order valence-electron chi connectivity index (χ0n) is 15.9. The lowest BCUT2D eigenvalue weighted by Crippen LogP contribution is -2.44. The average Bonchev–Trinajstić information content (AvgIpc) is 3.00. The Balaban J connectivity index is 1.85. The van der Waals surface area contributed by atoms with Crippen molar-refractivity contribution in [2.24, 2.45) is 0 Å². The van der Waals surface area contributed by atoms with Crippen LogP contribution in [-0.2, 0) is 4.79 Å². The first kappa shape index (κ1) is 20.7. The van der Waals surface area contributed by atoms with E-state index in [9.17, 15) is 9.59 Å². The number of hydrazine groups is 1. The Bertz CT molecular complexity index is 967. The Labute approximate surface area is 177 Å². The molecule has 0 atom stereocenters. The molecule has 1 heterocycles. The summed E-state index contributed by atoms with van der Waals surface area (Å²) in [6.07, 6.45) is 1.65. The van der Waals surface area contributed by atoms with Crippen molar-refractivity contribution >= 4 is 46.2 Å². The molecule has 9 heteroatoms. The topological polar surface area (TPSA) is 77.1 Å². The van der Waals surface area contributed by atoms with Crippen LogP contribution >= 0.6 is 24.0 Å². The fourth-order valence-corrected chi connectivity index (χ4v) is 3.84. The van der Waals surface area contributed by atoms with Gasteiger partial charge in [-0.1, -0.05) is 30.0 Å². The van der Waals surface area contributed by atoms with Crippen LogP contribution in [0.1, 0.15) is 15.9 Å². The first-order valence-corrected chi connectivity index (χ1v) is 9.65. The van der Waals surface area contributed by atoms with Gasteiger partial charge in [0, 0.05) is 5.56 Å². The number of nitrogens with one attached hydrogen (secondary N) is 1. The molecule has 3 rings (SSSR count). The number of methoxy groups -OCH3 is 3. The molecule has 150 valence electrons. The van der Waals surface area contributed by atoms with Gasteiger partial charge in [-0.15, -0.1) is 0 Å².